The Morgan fingerprint density at radius 3 is 1.64 bits per heavy atom. The monoisotopic (exact) mass is 347 g/mol. The highest BCUT2D eigenvalue weighted by Crippen LogP contribution is 2.37. The summed E-state index contributed by atoms with van der Waals surface area (Å²) in [6.07, 6.45) is -0.288. The van der Waals surface area contributed by atoms with Crippen molar-refractivity contribution in [3.63, 3.8) is 0 Å². The van der Waals surface area contributed by atoms with Crippen LogP contribution in [0.3, 0.4) is 0 Å². The molecular formula is C21H33NO3. The van der Waals surface area contributed by atoms with Crippen molar-refractivity contribution < 1.29 is 14.3 Å². The molecule has 2 rings (SSSR count). The fourth-order valence-corrected chi connectivity index (χ4v) is 3.61. The molecular weight excluding hydrogens is 314 g/mol. The second-order valence-electron chi connectivity index (χ2n) is 8.41. The number of carbonyl (C=O) groups excluding carboxylic acids is 1. The minimum Gasteiger partial charge on any atom is -0.486 e. The van der Waals surface area contributed by atoms with Crippen molar-refractivity contribution in [1.82, 2.24) is 4.90 Å². The van der Waals surface area contributed by atoms with Gasteiger partial charge in [0.2, 0.25) is 0 Å². The molecule has 1 aliphatic heterocycles. The highest BCUT2D eigenvalue weighted by atomic mass is 16.6. The van der Waals surface area contributed by atoms with Gasteiger partial charge in [0.05, 0.1) is 12.1 Å². The van der Waals surface area contributed by atoms with E-state index in [0.29, 0.717) is 0 Å². The Balaban J connectivity index is 2.20. The lowest BCUT2D eigenvalue weighted by Crippen LogP contribution is -2.69. The van der Waals surface area contributed by atoms with Gasteiger partial charge in [0.25, 0.3) is 0 Å². The van der Waals surface area contributed by atoms with E-state index in [1.807, 2.05) is 34.6 Å². The van der Waals surface area contributed by atoms with Crippen LogP contribution >= 0.6 is 0 Å². The molecule has 1 saturated heterocycles. The van der Waals surface area contributed by atoms with Crippen LogP contribution in [0.4, 0.5) is 4.79 Å². The van der Waals surface area contributed by atoms with E-state index in [0.717, 1.165) is 5.75 Å². The van der Waals surface area contributed by atoms with Gasteiger partial charge in [0, 0.05) is 0 Å². The van der Waals surface area contributed by atoms with Gasteiger partial charge < -0.3 is 9.47 Å². The fraction of sp³-hybridized carbons (Fsp3) is 0.667. The molecule has 1 aromatic carbocycles. The third-order valence-corrected chi connectivity index (χ3v) is 5.62. The molecule has 140 valence electrons. The summed E-state index contributed by atoms with van der Waals surface area (Å²) < 4.78 is 11.9. The van der Waals surface area contributed by atoms with Crippen LogP contribution in [0.15, 0.2) is 0 Å². The van der Waals surface area contributed by atoms with Crippen molar-refractivity contribution in [3.8, 4) is 5.75 Å². The van der Waals surface area contributed by atoms with Crippen LogP contribution in [0.2, 0.25) is 0 Å². The summed E-state index contributed by atoms with van der Waals surface area (Å²) in [4.78, 5) is 14.2. The van der Waals surface area contributed by atoms with E-state index < -0.39 is 5.60 Å². The van der Waals surface area contributed by atoms with Gasteiger partial charge in [-0.05, 0) is 97.1 Å². The summed E-state index contributed by atoms with van der Waals surface area (Å²) >= 11 is 0. The van der Waals surface area contributed by atoms with Gasteiger partial charge in [-0.1, -0.05) is 0 Å². The van der Waals surface area contributed by atoms with Gasteiger partial charge >= 0.3 is 6.09 Å². The molecule has 25 heavy (non-hydrogen) atoms. The van der Waals surface area contributed by atoms with Crippen LogP contribution in [0.25, 0.3) is 0 Å². The molecule has 0 spiro atoms. The summed E-state index contributed by atoms with van der Waals surface area (Å²) in [5.41, 5.74) is 5.78. The standard InChI is InChI=1S/C21H33NO3/c1-11-12(2)14(4)18(15(5)13(11)3)24-19-16(6)22(17(19)7)20(23)25-21(8,9)10/h16-17,19H,1-10H3. The second kappa shape index (κ2) is 6.54. The van der Waals surface area contributed by atoms with Gasteiger partial charge in [-0.2, -0.15) is 0 Å². The molecule has 0 N–H and O–H groups in total. The van der Waals surface area contributed by atoms with Crippen LogP contribution < -0.4 is 4.74 Å². The SMILES string of the molecule is Cc1c(C)c(C)c(OC2C(C)N(C(=O)OC(C)(C)C)C2C)c(C)c1C. The van der Waals surface area contributed by atoms with E-state index in [9.17, 15) is 4.79 Å². The van der Waals surface area contributed by atoms with E-state index in [-0.39, 0.29) is 24.3 Å². The highest BCUT2D eigenvalue weighted by molar-refractivity contribution is 5.70. The lowest BCUT2D eigenvalue weighted by atomic mass is 9.90. The first-order chi connectivity index (χ1) is 11.4. The summed E-state index contributed by atoms with van der Waals surface area (Å²) in [7, 11) is 0. The molecule has 1 fully saturated rings. The number of amides is 1. The van der Waals surface area contributed by atoms with E-state index >= 15 is 0 Å². The van der Waals surface area contributed by atoms with Crippen molar-refractivity contribution >= 4 is 6.09 Å². The molecule has 2 unspecified atom stereocenters. The predicted molar refractivity (Wildman–Crippen MR) is 102 cm³/mol. The number of likely N-dealkylation sites (tertiary alicyclic amines) is 1. The van der Waals surface area contributed by atoms with Crippen LogP contribution in [0, 0.1) is 34.6 Å². The minimum absolute atomic E-state index is 0.00874. The summed E-state index contributed by atoms with van der Waals surface area (Å²) in [5, 5.41) is 0. The second-order valence-corrected chi connectivity index (χ2v) is 8.41. The summed E-state index contributed by atoms with van der Waals surface area (Å²) in [5.74, 6) is 0.966. The van der Waals surface area contributed by atoms with Crippen LogP contribution in [-0.2, 0) is 4.74 Å². The maximum Gasteiger partial charge on any atom is 0.411 e. The maximum absolute atomic E-state index is 12.4. The summed E-state index contributed by atoms with van der Waals surface area (Å²) in [6, 6.07) is -0.0175. The van der Waals surface area contributed by atoms with Crippen molar-refractivity contribution in [3.05, 3.63) is 27.8 Å². The molecule has 4 heteroatoms. The van der Waals surface area contributed by atoms with Gasteiger partial charge in [0.15, 0.2) is 0 Å². The minimum atomic E-state index is -0.485. The Bertz CT molecular complexity index is 648. The first-order valence-corrected chi connectivity index (χ1v) is 9.11. The number of ether oxygens (including phenoxy) is 2. The van der Waals surface area contributed by atoms with Crippen LogP contribution in [0.5, 0.6) is 5.75 Å². The first kappa shape index (κ1) is 19.6. The third kappa shape index (κ3) is 3.49. The lowest BCUT2D eigenvalue weighted by Gasteiger charge is -2.51. The Morgan fingerprint density at radius 1 is 0.840 bits per heavy atom. The largest absolute Gasteiger partial charge is 0.486 e. The Morgan fingerprint density at radius 2 is 1.24 bits per heavy atom. The average molecular weight is 347 g/mol. The van der Waals surface area contributed by atoms with Crippen molar-refractivity contribution in [2.45, 2.75) is 93.0 Å². The predicted octanol–water partition coefficient (Wildman–Crippen LogP) is 5.00. The molecule has 4 nitrogen and oxygen atoms in total. The Hall–Kier alpha value is -1.71. The van der Waals surface area contributed by atoms with E-state index in [1.54, 1.807) is 4.90 Å². The smallest absolute Gasteiger partial charge is 0.411 e. The number of carbonyl (C=O) groups is 1. The van der Waals surface area contributed by atoms with E-state index in [2.05, 4.69) is 34.6 Å². The van der Waals surface area contributed by atoms with Gasteiger partial charge in [-0.25, -0.2) is 4.79 Å². The van der Waals surface area contributed by atoms with Gasteiger partial charge in [0.1, 0.15) is 17.5 Å². The van der Waals surface area contributed by atoms with E-state index in [4.69, 9.17) is 9.47 Å². The quantitative estimate of drug-likeness (QED) is 0.755. The van der Waals surface area contributed by atoms with Crippen LogP contribution in [-0.4, -0.2) is 34.8 Å². The number of rotatable bonds is 2. The zero-order valence-corrected chi connectivity index (χ0v) is 17.4. The van der Waals surface area contributed by atoms with Gasteiger partial charge in [-0.3, -0.25) is 4.90 Å². The molecule has 1 aliphatic rings. The first-order valence-electron chi connectivity index (χ1n) is 9.11. The van der Waals surface area contributed by atoms with E-state index in [1.165, 1.54) is 27.8 Å². The van der Waals surface area contributed by atoms with Crippen molar-refractivity contribution in [1.29, 1.82) is 0 Å². The Labute approximate surface area is 152 Å². The number of hydrogen-bond donors (Lipinski definition) is 0. The molecule has 0 saturated carbocycles. The lowest BCUT2D eigenvalue weighted by molar-refractivity contribution is -0.0903. The average Bonchev–Trinajstić information content (AvgIpc) is 2.49. The van der Waals surface area contributed by atoms with Gasteiger partial charge in [-0.15, -0.1) is 0 Å². The molecule has 0 aliphatic carbocycles. The number of hydrogen-bond acceptors (Lipinski definition) is 3. The summed E-state index contributed by atoms with van der Waals surface area (Å²) in [6.45, 7) is 20.4. The molecule has 0 radical (unpaired) electrons. The molecule has 0 aromatic heterocycles. The Kier molecular flexibility index (Phi) is 5.13. The van der Waals surface area contributed by atoms with Crippen molar-refractivity contribution in [2.75, 3.05) is 0 Å². The third-order valence-electron chi connectivity index (χ3n) is 5.62. The fourth-order valence-electron chi connectivity index (χ4n) is 3.61. The highest BCUT2D eigenvalue weighted by Gasteiger charge is 2.49. The molecule has 0 bridgehead atoms. The molecule has 1 amide bonds. The normalized spacial score (nSPS) is 23.3. The topological polar surface area (TPSA) is 38.8 Å². The number of benzene rings is 1. The zero-order valence-electron chi connectivity index (χ0n) is 17.4. The van der Waals surface area contributed by atoms with Crippen LogP contribution in [0.1, 0.15) is 62.4 Å². The maximum atomic E-state index is 12.4. The molecule has 2 atom stereocenters. The molecule has 1 aromatic rings. The molecule has 1 heterocycles. The number of nitrogens with zero attached hydrogens (tertiary/aromatic N) is 1. The van der Waals surface area contributed by atoms with Crippen molar-refractivity contribution in [2.24, 2.45) is 0 Å². The zero-order chi connectivity index (χ0) is 19.3.